The lowest BCUT2D eigenvalue weighted by Gasteiger charge is -2.16. The van der Waals surface area contributed by atoms with Crippen molar-refractivity contribution < 1.29 is 4.39 Å². The molecule has 0 saturated carbocycles. The highest BCUT2D eigenvalue weighted by Gasteiger charge is 2.14. The average molecular weight is 335 g/mol. The highest BCUT2D eigenvalue weighted by atomic mass is 79.9. The van der Waals surface area contributed by atoms with Crippen LogP contribution in [0.25, 0.3) is 5.52 Å². The molecule has 102 valence electrons. The topological polar surface area (TPSA) is 42.2 Å². The lowest BCUT2D eigenvalue weighted by molar-refractivity contribution is 0.600. The Morgan fingerprint density at radius 3 is 2.95 bits per heavy atom. The summed E-state index contributed by atoms with van der Waals surface area (Å²) in [6, 6.07) is 6.52. The molecule has 1 N–H and O–H groups in total. The molecule has 0 aliphatic rings. The number of hydrogen-bond donors (Lipinski definition) is 1. The predicted octanol–water partition coefficient (Wildman–Crippen LogP) is 3.80. The number of nitrogens with zero attached hydrogens (tertiary/aromatic N) is 3. The molecule has 0 aliphatic carbocycles. The van der Waals surface area contributed by atoms with Gasteiger partial charge in [-0.25, -0.2) is 13.9 Å². The van der Waals surface area contributed by atoms with E-state index in [0.717, 1.165) is 9.99 Å². The maximum atomic E-state index is 13.8. The minimum atomic E-state index is -0.230. The molecule has 3 rings (SSSR count). The Hall–Kier alpha value is -1.95. The van der Waals surface area contributed by atoms with Crippen LogP contribution < -0.4 is 5.32 Å². The Morgan fingerprint density at radius 2 is 2.15 bits per heavy atom. The first-order valence-electron chi connectivity index (χ1n) is 6.15. The summed E-state index contributed by atoms with van der Waals surface area (Å²) in [6.07, 6.45) is 5.12. The molecule has 0 aliphatic heterocycles. The summed E-state index contributed by atoms with van der Waals surface area (Å²) in [7, 11) is 0. The molecule has 0 spiro atoms. The van der Waals surface area contributed by atoms with Crippen LogP contribution in [-0.2, 0) is 0 Å². The highest BCUT2D eigenvalue weighted by molar-refractivity contribution is 9.10. The third-order valence-electron chi connectivity index (χ3n) is 3.11. The Balaban J connectivity index is 1.97. The van der Waals surface area contributed by atoms with E-state index in [4.69, 9.17) is 0 Å². The lowest BCUT2D eigenvalue weighted by Crippen LogP contribution is -2.10. The van der Waals surface area contributed by atoms with Gasteiger partial charge in [0.2, 0.25) is 0 Å². The third-order valence-corrected chi connectivity index (χ3v) is 3.69. The maximum absolute atomic E-state index is 13.8. The monoisotopic (exact) mass is 334 g/mol. The maximum Gasteiger partial charge on any atom is 0.153 e. The van der Waals surface area contributed by atoms with E-state index in [2.05, 4.69) is 31.3 Å². The van der Waals surface area contributed by atoms with Crippen molar-refractivity contribution in [3.63, 3.8) is 0 Å². The van der Waals surface area contributed by atoms with Crippen LogP contribution in [-0.4, -0.2) is 14.6 Å². The molecule has 6 heteroatoms. The van der Waals surface area contributed by atoms with Crippen LogP contribution in [0.5, 0.6) is 0 Å². The molecule has 0 saturated heterocycles. The average Bonchev–Trinajstić information content (AvgIpc) is 2.82. The largest absolute Gasteiger partial charge is 0.362 e. The van der Waals surface area contributed by atoms with Crippen LogP contribution in [0.15, 0.2) is 47.3 Å². The van der Waals surface area contributed by atoms with Gasteiger partial charge in [-0.2, -0.15) is 5.10 Å². The SMILES string of the molecule is CC(Nc1nccn2ncc(Br)c12)c1ccccc1F. The van der Waals surface area contributed by atoms with Crippen LogP contribution >= 0.6 is 15.9 Å². The molecule has 0 fully saturated rings. The van der Waals surface area contributed by atoms with Crippen LogP contribution in [0.2, 0.25) is 0 Å². The molecule has 1 aromatic carbocycles. The fourth-order valence-corrected chi connectivity index (χ4v) is 2.58. The molecular weight excluding hydrogens is 323 g/mol. The van der Waals surface area contributed by atoms with Gasteiger partial charge in [-0.05, 0) is 28.9 Å². The van der Waals surface area contributed by atoms with Crippen molar-refractivity contribution in [2.45, 2.75) is 13.0 Å². The van der Waals surface area contributed by atoms with Crippen molar-refractivity contribution in [2.24, 2.45) is 0 Å². The predicted molar refractivity (Wildman–Crippen MR) is 79.1 cm³/mol. The van der Waals surface area contributed by atoms with Crippen molar-refractivity contribution in [1.29, 1.82) is 0 Å². The summed E-state index contributed by atoms with van der Waals surface area (Å²) in [6.45, 7) is 1.90. The van der Waals surface area contributed by atoms with Gasteiger partial charge < -0.3 is 5.32 Å². The van der Waals surface area contributed by atoms with E-state index in [1.54, 1.807) is 35.2 Å². The number of anilines is 1. The fraction of sp³-hybridized carbons (Fsp3) is 0.143. The van der Waals surface area contributed by atoms with Gasteiger partial charge in [0.15, 0.2) is 5.82 Å². The van der Waals surface area contributed by atoms with Gasteiger partial charge in [0.05, 0.1) is 16.7 Å². The first-order valence-corrected chi connectivity index (χ1v) is 6.95. The van der Waals surface area contributed by atoms with Crippen molar-refractivity contribution in [1.82, 2.24) is 14.6 Å². The van der Waals surface area contributed by atoms with Crippen molar-refractivity contribution >= 4 is 27.3 Å². The number of aromatic nitrogens is 3. The molecule has 1 unspecified atom stereocenters. The van der Waals surface area contributed by atoms with Crippen LogP contribution in [0.4, 0.5) is 10.2 Å². The Labute approximate surface area is 123 Å². The number of halogens is 2. The Bertz CT molecular complexity index is 756. The minimum absolute atomic E-state index is 0.198. The zero-order valence-electron chi connectivity index (χ0n) is 10.7. The molecule has 2 aromatic heterocycles. The zero-order valence-corrected chi connectivity index (χ0v) is 12.3. The van der Waals surface area contributed by atoms with Crippen LogP contribution in [0.3, 0.4) is 0 Å². The second-order valence-corrected chi connectivity index (χ2v) is 5.30. The number of benzene rings is 1. The second-order valence-electron chi connectivity index (χ2n) is 4.45. The molecular formula is C14H12BrFN4. The molecule has 1 atom stereocenters. The van der Waals surface area contributed by atoms with Gasteiger partial charge in [0, 0.05) is 18.0 Å². The van der Waals surface area contributed by atoms with Gasteiger partial charge in [-0.1, -0.05) is 18.2 Å². The summed E-state index contributed by atoms with van der Waals surface area (Å²) in [5, 5.41) is 7.42. The molecule has 0 radical (unpaired) electrons. The summed E-state index contributed by atoms with van der Waals surface area (Å²) in [5.74, 6) is 0.430. The molecule has 20 heavy (non-hydrogen) atoms. The first-order chi connectivity index (χ1) is 9.66. The molecule has 0 amide bonds. The van der Waals surface area contributed by atoms with Gasteiger partial charge in [-0.15, -0.1) is 0 Å². The number of rotatable bonds is 3. The van der Waals surface area contributed by atoms with Crippen molar-refractivity contribution in [2.75, 3.05) is 5.32 Å². The standard InChI is InChI=1S/C14H12BrFN4/c1-9(10-4-2-3-5-12(10)16)19-14-13-11(15)8-18-20(13)7-6-17-14/h2-9H,1H3,(H,17,19). The smallest absolute Gasteiger partial charge is 0.153 e. The number of nitrogens with one attached hydrogen (secondary N) is 1. The highest BCUT2D eigenvalue weighted by Crippen LogP contribution is 2.27. The third kappa shape index (κ3) is 2.27. The van der Waals surface area contributed by atoms with Crippen LogP contribution in [0, 0.1) is 5.82 Å². The van der Waals surface area contributed by atoms with Gasteiger partial charge in [0.25, 0.3) is 0 Å². The normalized spacial score (nSPS) is 12.6. The summed E-state index contributed by atoms with van der Waals surface area (Å²) >= 11 is 3.44. The van der Waals surface area contributed by atoms with E-state index in [-0.39, 0.29) is 11.9 Å². The number of fused-ring (bicyclic) bond motifs is 1. The molecule has 2 heterocycles. The second kappa shape index (κ2) is 5.20. The number of hydrogen-bond acceptors (Lipinski definition) is 3. The van der Waals surface area contributed by atoms with Gasteiger partial charge in [-0.3, -0.25) is 0 Å². The van der Waals surface area contributed by atoms with Gasteiger partial charge in [0.1, 0.15) is 11.3 Å². The minimum Gasteiger partial charge on any atom is -0.362 e. The van der Waals surface area contributed by atoms with Gasteiger partial charge >= 0.3 is 0 Å². The van der Waals surface area contributed by atoms with Crippen molar-refractivity contribution in [3.8, 4) is 0 Å². The Morgan fingerprint density at radius 1 is 1.35 bits per heavy atom. The van der Waals surface area contributed by atoms with E-state index >= 15 is 0 Å². The van der Waals surface area contributed by atoms with Crippen LogP contribution in [0.1, 0.15) is 18.5 Å². The Kier molecular flexibility index (Phi) is 3.40. The summed E-state index contributed by atoms with van der Waals surface area (Å²) in [4.78, 5) is 4.31. The van der Waals surface area contributed by atoms with Crippen molar-refractivity contribution in [3.05, 3.63) is 58.7 Å². The van der Waals surface area contributed by atoms with E-state index in [9.17, 15) is 4.39 Å². The summed E-state index contributed by atoms with van der Waals surface area (Å²) < 4.78 is 16.3. The summed E-state index contributed by atoms with van der Waals surface area (Å²) in [5.41, 5.74) is 1.43. The van der Waals surface area contributed by atoms with E-state index in [0.29, 0.717) is 11.4 Å². The molecule has 0 bridgehead atoms. The molecule has 4 nitrogen and oxygen atoms in total. The van der Waals surface area contributed by atoms with E-state index in [1.165, 1.54) is 6.07 Å². The zero-order chi connectivity index (χ0) is 14.1. The fourth-order valence-electron chi connectivity index (χ4n) is 2.12. The first kappa shape index (κ1) is 13.1. The quantitative estimate of drug-likeness (QED) is 0.792. The van der Waals surface area contributed by atoms with E-state index in [1.807, 2.05) is 13.0 Å². The lowest BCUT2D eigenvalue weighted by atomic mass is 10.1. The van der Waals surface area contributed by atoms with E-state index < -0.39 is 0 Å². The molecule has 3 aromatic rings.